The fraction of sp³-hybridized carbons (Fsp3) is 0.941. The van der Waals surface area contributed by atoms with E-state index in [1.54, 1.807) is 4.90 Å². The minimum absolute atomic E-state index is 0.00423. The predicted octanol–water partition coefficient (Wildman–Crippen LogP) is -1.27. The van der Waals surface area contributed by atoms with Gasteiger partial charge in [-0.2, -0.15) is 0 Å². The highest BCUT2D eigenvalue weighted by Gasteiger charge is 2.60. The quantitative estimate of drug-likeness (QED) is 0.597. The average molecular weight is 295 g/mol. The monoisotopic (exact) mass is 295 g/mol. The molecule has 0 aromatic carbocycles. The van der Waals surface area contributed by atoms with Gasteiger partial charge in [-0.1, -0.05) is 13.8 Å². The lowest BCUT2D eigenvalue weighted by atomic mass is 9.64. The molecule has 0 unspecified atom stereocenters. The summed E-state index contributed by atoms with van der Waals surface area (Å²) in [5.41, 5.74) is 0.247. The number of piperazine rings is 1. The normalized spacial score (nSPS) is 44.8. The SMILES string of the molecule is C[NH+]1CC[NH+](CC(=O)N[C@]2(C)[C@@H]3CC[C@H](C3)C2(C)C)CC1. The third-order valence-corrected chi connectivity index (χ3v) is 7.23. The first-order valence-electron chi connectivity index (χ1n) is 8.79. The van der Waals surface area contributed by atoms with Gasteiger partial charge in [-0.25, -0.2) is 0 Å². The molecular formula is C17H33N3O+2. The molecule has 3 rings (SSSR count). The van der Waals surface area contributed by atoms with E-state index in [1.165, 1.54) is 37.3 Å². The van der Waals surface area contributed by atoms with Gasteiger partial charge < -0.3 is 15.1 Å². The van der Waals surface area contributed by atoms with Crippen molar-refractivity contribution in [2.75, 3.05) is 39.8 Å². The predicted molar refractivity (Wildman–Crippen MR) is 83.3 cm³/mol. The Balaban J connectivity index is 1.59. The van der Waals surface area contributed by atoms with Crippen molar-refractivity contribution in [2.24, 2.45) is 17.3 Å². The molecule has 2 aliphatic carbocycles. The molecule has 1 heterocycles. The number of nitrogens with one attached hydrogen (secondary N) is 3. The summed E-state index contributed by atoms with van der Waals surface area (Å²) in [5.74, 6) is 1.76. The number of amides is 1. The van der Waals surface area contributed by atoms with Gasteiger partial charge in [0.25, 0.3) is 5.91 Å². The molecule has 120 valence electrons. The summed E-state index contributed by atoms with van der Waals surface area (Å²) in [6, 6.07) is 0. The van der Waals surface area contributed by atoms with Crippen molar-refractivity contribution in [1.29, 1.82) is 0 Å². The van der Waals surface area contributed by atoms with E-state index in [2.05, 4.69) is 33.1 Å². The molecule has 0 aromatic rings. The lowest BCUT2D eigenvalue weighted by Crippen LogP contribution is -3.27. The van der Waals surface area contributed by atoms with Gasteiger partial charge in [0, 0.05) is 5.54 Å². The number of likely N-dealkylation sites (N-methyl/N-ethyl adjacent to an activating group) is 1. The highest BCUT2D eigenvalue weighted by molar-refractivity contribution is 5.78. The van der Waals surface area contributed by atoms with E-state index in [9.17, 15) is 4.79 Å². The fourth-order valence-corrected chi connectivity index (χ4v) is 5.14. The summed E-state index contributed by atoms with van der Waals surface area (Å²) in [6.07, 6.45) is 3.97. The lowest BCUT2D eigenvalue weighted by Gasteiger charge is -2.48. The zero-order chi connectivity index (χ0) is 15.3. The van der Waals surface area contributed by atoms with Gasteiger partial charge in [0.15, 0.2) is 6.54 Å². The van der Waals surface area contributed by atoms with Crippen LogP contribution in [0.15, 0.2) is 0 Å². The molecule has 0 radical (unpaired) electrons. The van der Waals surface area contributed by atoms with E-state index in [0.29, 0.717) is 12.5 Å². The Morgan fingerprint density at radius 3 is 2.29 bits per heavy atom. The van der Waals surface area contributed by atoms with Gasteiger partial charge >= 0.3 is 0 Å². The van der Waals surface area contributed by atoms with Crippen molar-refractivity contribution in [1.82, 2.24) is 5.32 Å². The average Bonchev–Trinajstić information content (AvgIpc) is 2.96. The van der Waals surface area contributed by atoms with Crippen LogP contribution in [-0.4, -0.2) is 51.2 Å². The number of rotatable bonds is 3. The van der Waals surface area contributed by atoms with Crippen molar-refractivity contribution in [3.8, 4) is 0 Å². The van der Waals surface area contributed by atoms with Gasteiger partial charge in [-0.3, -0.25) is 4.79 Å². The zero-order valence-corrected chi connectivity index (χ0v) is 14.2. The Morgan fingerprint density at radius 2 is 1.71 bits per heavy atom. The molecule has 3 N–H and O–H groups in total. The molecule has 3 atom stereocenters. The number of carbonyl (C=O) groups excluding carboxylic acids is 1. The Bertz CT molecular complexity index is 414. The molecule has 1 saturated heterocycles. The highest BCUT2D eigenvalue weighted by atomic mass is 16.2. The van der Waals surface area contributed by atoms with Crippen LogP contribution in [0.2, 0.25) is 0 Å². The Hall–Kier alpha value is -0.610. The zero-order valence-electron chi connectivity index (χ0n) is 14.2. The second-order valence-electron chi connectivity index (χ2n) is 8.56. The molecule has 3 fully saturated rings. The molecule has 0 aromatic heterocycles. The van der Waals surface area contributed by atoms with Crippen LogP contribution in [0.5, 0.6) is 0 Å². The Morgan fingerprint density at radius 1 is 1.10 bits per heavy atom. The molecule has 1 amide bonds. The summed E-state index contributed by atoms with van der Waals surface area (Å²) in [7, 11) is 2.25. The smallest absolute Gasteiger partial charge is 0.275 e. The lowest BCUT2D eigenvalue weighted by molar-refractivity contribution is -1.000. The van der Waals surface area contributed by atoms with Gasteiger partial charge in [0.2, 0.25) is 0 Å². The summed E-state index contributed by atoms with van der Waals surface area (Å²) in [4.78, 5) is 15.6. The van der Waals surface area contributed by atoms with Crippen LogP contribution in [0.25, 0.3) is 0 Å². The maximum Gasteiger partial charge on any atom is 0.275 e. The number of hydrogen-bond donors (Lipinski definition) is 3. The van der Waals surface area contributed by atoms with E-state index in [1.807, 2.05) is 0 Å². The fourth-order valence-electron chi connectivity index (χ4n) is 5.14. The number of quaternary nitrogens is 2. The number of carbonyl (C=O) groups is 1. The summed E-state index contributed by atoms with van der Waals surface area (Å²) < 4.78 is 0. The van der Waals surface area contributed by atoms with Crippen molar-refractivity contribution in [3.63, 3.8) is 0 Å². The van der Waals surface area contributed by atoms with E-state index < -0.39 is 0 Å². The maximum atomic E-state index is 12.6. The number of hydrogen-bond acceptors (Lipinski definition) is 1. The molecular weight excluding hydrogens is 262 g/mol. The van der Waals surface area contributed by atoms with Gasteiger partial charge in [-0.15, -0.1) is 0 Å². The molecule has 21 heavy (non-hydrogen) atoms. The van der Waals surface area contributed by atoms with Gasteiger partial charge in [-0.05, 0) is 43.4 Å². The van der Waals surface area contributed by atoms with Crippen LogP contribution >= 0.6 is 0 Å². The first-order chi connectivity index (χ1) is 9.83. The second kappa shape index (κ2) is 5.24. The van der Waals surface area contributed by atoms with E-state index in [0.717, 1.165) is 19.0 Å². The standard InChI is InChI=1S/C17H31N3O/c1-16(2)13-5-6-14(11-13)17(16,3)18-15(21)12-20-9-7-19(4)8-10-20/h13-14H,5-12H2,1-4H3,(H,18,21)/p+2/t13-,14-,17-/m1/s1. The third kappa shape index (κ3) is 2.50. The van der Waals surface area contributed by atoms with Crippen LogP contribution in [0.3, 0.4) is 0 Å². The molecule has 3 aliphatic rings. The topological polar surface area (TPSA) is 38.0 Å². The summed E-state index contributed by atoms with van der Waals surface area (Å²) >= 11 is 0. The van der Waals surface area contributed by atoms with E-state index in [-0.39, 0.29) is 16.9 Å². The van der Waals surface area contributed by atoms with Gasteiger partial charge in [0.05, 0.1) is 7.05 Å². The summed E-state index contributed by atoms with van der Waals surface area (Å²) in [5, 5.41) is 3.47. The molecule has 4 nitrogen and oxygen atoms in total. The molecule has 2 bridgehead atoms. The molecule has 2 saturated carbocycles. The van der Waals surface area contributed by atoms with Crippen molar-refractivity contribution in [2.45, 2.75) is 45.6 Å². The van der Waals surface area contributed by atoms with E-state index >= 15 is 0 Å². The van der Waals surface area contributed by atoms with E-state index in [4.69, 9.17) is 0 Å². The minimum atomic E-state index is 0.00423. The Kier molecular flexibility index (Phi) is 3.81. The third-order valence-electron chi connectivity index (χ3n) is 7.23. The molecule has 4 heteroatoms. The highest BCUT2D eigenvalue weighted by Crippen LogP contribution is 2.61. The number of fused-ring (bicyclic) bond motifs is 2. The molecule has 0 spiro atoms. The first-order valence-corrected chi connectivity index (χ1v) is 8.79. The second-order valence-corrected chi connectivity index (χ2v) is 8.56. The first kappa shape index (κ1) is 15.3. The van der Waals surface area contributed by atoms with Crippen molar-refractivity contribution >= 4 is 5.91 Å². The van der Waals surface area contributed by atoms with Crippen molar-refractivity contribution in [3.05, 3.63) is 0 Å². The van der Waals surface area contributed by atoms with Crippen LogP contribution < -0.4 is 15.1 Å². The summed E-state index contributed by atoms with van der Waals surface area (Å²) in [6.45, 7) is 12.3. The van der Waals surface area contributed by atoms with Crippen LogP contribution in [-0.2, 0) is 4.79 Å². The van der Waals surface area contributed by atoms with Crippen LogP contribution in [0.4, 0.5) is 0 Å². The van der Waals surface area contributed by atoms with Crippen LogP contribution in [0, 0.1) is 17.3 Å². The maximum absolute atomic E-state index is 12.6. The largest absolute Gasteiger partial charge is 0.345 e. The molecule has 1 aliphatic heterocycles. The minimum Gasteiger partial charge on any atom is -0.345 e. The Labute approximate surface area is 129 Å². The van der Waals surface area contributed by atoms with Crippen LogP contribution in [0.1, 0.15) is 40.0 Å². The van der Waals surface area contributed by atoms with Crippen molar-refractivity contribution < 1.29 is 14.6 Å². The van der Waals surface area contributed by atoms with Gasteiger partial charge in [0.1, 0.15) is 26.2 Å².